The van der Waals surface area contributed by atoms with Gasteiger partial charge in [0.15, 0.2) is 0 Å². The minimum atomic E-state index is -4.50. The number of anilines is 2. The topological polar surface area (TPSA) is 37.8 Å². The number of aromatic nitrogens is 2. The molecule has 0 unspecified atom stereocenters. The Kier molecular flexibility index (Phi) is 3.88. The summed E-state index contributed by atoms with van der Waals surface area (Å²) in [6, 6.07) is 3.78. The highest BCUT2D eigenvalue weighted by molar-refractivity contribution is 7.19. The predicted octanol–water partition coefficient (Wildman–Crippen LogP) is 5.90. The van der Waals surface area contributed by atoms with Gasteiger partial charge in [0.2, 0.25) is 0 Å². The molecule has 0 saturated carbocycles. The van der Waals surface area contributed by atoms with E-state index < -0.39 is 11.7 Å². The summed E-state index contributed by atoms with van der Waals surface area (Å²) >= 11 is 7.33. The maximum atomic E-state index is 13.1. The molecule has 0 bridgehead atoms. The van der Waals surface area contributed by atoms with Gasteiger partial charge in [0.25, 0.3) is 0 Å². The largest absolute Gasteiger partial charge is 0.417 e. The quantitative estimate of drug-likeness (QED) is 0.598. The van der Waals surface area contributed by atoms with Gasteiger partial charge in [-0.25, -0.2) is 9.97 Å². The van der Waals surface area contributed by atoms with Crippen molar-refractivity contribution in [2.24, 2.45) is 0 Å². The molecule has 0 spiro atoms. The van der Waals surface area contributed by atoms with E-state index >= 15 is 0 Å². The molecule has 4 rings (SSSR count). The zero-order valence-electron chi connectivity index (χ0n) is 13.2. The van der Waals surface area contributed by atoms with Crippen LogP contribution in [-0.4, -0.2) is 9.97 Å². The summed E-state index contributed by atoms with van der Waals surface area (Å²) in [5.41, 5.74) is 0.651. The van der Waals surface area contributed by atoms with Gasteiger partial charge in [-0.3, -0.25) is 0 Å². The Morgan fingerprint density at radius 1 is 1.20 bits per heavy atom. The van der Waals surface area contributed by atoms with Gasteiger partial charge in [0.1, 0.15) is 16.5 Å². The van der Waals surface area contributed by atoms with Crippen LogP contribution in [0.15, 0.2) is 18.2 Å². The Balaban J connectivity index is 1.81. The van der Waals surface area contributed by atoms with Crippen molar-refractivity contribution < 1.29 is 13.2 Å². The summed E-state index contributed by atoms with van der Waals surface area (Å²) in [6.45, 7) is 1.78. The molecule has 3 aromatic rings. The fourth-order valence-corrected chi connectivity index (χ4v) is 4.68. The predicted molar refractivity (Wildman–Crippen MR) is 93.9 cm³/mol. The van der Waals surface area contributed by atoms with Crippen molar-refractivity contribution in [3.8, 4) is 0 Å². The Morgan fingerprint density at radius 3 is 2.76 bits per heavy atom. The molecule has 1 aliphatic rings. The van der Waals surface area contributed by atoms with Crippen LogP contribution in [0, 0.1) is 6.92 Å². The molecule has 8 heteroatoms. The van der Waals surface area contributed by atoms with Crippen LogP contribution in [-0.2, 0) is 19.0 Å². The highest BCUT2D eigenvalue weighted by Gasteiger charge is 2.33. The maximum Gasteiger partial charge on any atom is 0.417 e. The number of hydrogen-bond acceptors (Lipinski definition) is 4. The highest BCUT2D eigenvalue weighted by Crippen LogP contribution is 2.41. The second-order valence-corrected chi connectivity index (χ2v) is 7.47. The fraction of sp³-hybridized carbons (Fsp3) is 0.294. The molecule has 0 fully saturated rings. The van der Waals surface area contributed by atoms with Gasteiger partial charge in [-0.15, -0.1) is 11.3 Å². The molecule has 1 N–H and O–H groups in total. The number of halogens is 4. The minimum Gasteiger partial charge on any atom is -0.340 e. The molecule has 130 valence electrons. The van der Waals surface area contributed by atoms with Crippen LogP contribution in [0.1, 0.15) is 28.2 Å². The van der Waals surface area contributed by atoms with E-state index in [4.69, 9.17) is 11.6 Å². The molecule has 0 radical (unpaired) electrons. The number of thiophene rings is 1. The smallest absolute Gasteiger partial charge is 0.340 e. The van der Waals surface area contributed by atoms with Crippen LogP contribution in [0.5, 0.6) is 0 Å². The molecular formula is C17H13ClF3N3S. The second kappa shape index (κ2) is 5.85. The number of nitrogens with zero attached hydrogens (tertiary/aromatic N) is 2. The van der Waals surface area contributed by atoms with E-state index in [0.717, 1.165) is 35.5 Å². The van der Waals surface area contributed by atoms with Crippen molar-refractivity contribution in [1.29, 1.82) is 0 Å². The van der Waals surface area contributed by atoms with E-state index in [1.54, 1.807) is 18.3 Å². The van der Waals surface area contributed by atoms with E-state index in [9.17, 15) is 13.2 Å². The molecule has 0 aliphatic heterocycles. The van der Waals surface area contributed by atoms with Crippen molar-refractivity contribution in [1.82, 2.24) is 9.97 Å². The van der Waals surface area contributed by atoms with Crippen LogP contribution in [0.25, 0.3) is 10.2 Å². The van der Waals surface area contributed by atoms with Crippen LogP contribution >= 0.6 is 22.9 Å². The average molecular weight is 384 g/mol. The third-order valence-electron chi connectivity index (χ3n) is 4.21. The minimum absolute atomic E-state index is 0.300. The Labute approximate surface area is 150 Å². The summed E-state index contributed by atoms with van der Waals surface area (Å²) < 4.78 is 39.2. The van der Waals surface area contributed by atoms with Crippen molar-refractivity contribution in [3.63, 3.8) is 0 Å². The van der Waals surface area contributed by atoms with Crippen molar-refractivity contribution in [2.45, 2.75) is 32.4 Å². The van der Waals surface area contributed by atoms with Crippen LogP contribution in [0.2, 0.25) is 5.02 Å². The van der Waals surface area contributed by atoms with Gasteiger partial charge in [0.05, 0.1) is 16.0 Å². The average Bonchev–Trinajstić information content (AvgIpc) is 3.08. The maximum absolute atomic E-state index is 13.1. The Hall–Kier alpha value is -1.86. The molecule has 3 nitrogen and oxygen atoms in total. The number of fused-ring (bicyclic) bond motifs is 3. The molecule has 0 atom stereocenters. The lowest BCUT2D eigenvalue weighted by Gasteiger charge is -2.13. The number of alkyl halides is 3. The van der Waals surface area contributed by atoms with E-state index in [2.05, 4.69) is 15.3 Å². The molecule has 2 aromatic heterocycles. The van der Waals surface area contributed by atoms with Gasteiger partial charge in [-0.1, -0.05) is 11.6 Å². The fourth-order valence-electron chi connectivity index (χ4n) is 3.15. The van der Waals surface area contributed by atoms with Gasteiger partial charge in [-0.05, 0) is 49.9 Å². The summed E-state index contributed by atoms with van der Waals surface area (Å²) in [5.74, 6) is 1.14. The lowest BCUT2D eigenvalue weighted by atomic mass is 10.1. The van der Waals surface area contributed by atoms with Gasteiger partial charge < -0.3 is 5.32 Å². The first kappa shape index (κ1) is 16.6. The first-order valence-corrected chi connectivity index (χ1v) is 8.95. The zero-order chi connectivity index (χ0) is 17.8. The molecule has 0 saturated heterocycles. The SMILES string of the molecule is Cc1nc(Nc2ccc(Cl)c(C(F)(F)F)c2)c2c3c(sc2n1)CCC3. The molecule has 1 aromatic carbocycles. The third-order valence-corrected chi connectivity index (χ3v) is 5.73. The number of nitrogens with one attached hydrogen (secondary N) is 1. The van der Waals surface area contributed by atoms with Gasteiger partial charge in [0, 0.05) is 10.6 Å². The van der Waals surface area contributed by atoms with Crippen LogP contribution < -0.4 is 5.32 Å². The molecular weight excluding hydrogens is 371 g/mol. The standard InChI is InChI=1S/C17H13ClF3N3S/c1-8-22-15(14-10-3-2-4-13(10)25-16(14)23-8)24-9-5-6-12(18)11(7-9)17(19,20)21/h5-7H,2-4H2,1H3,(H,22,23,24). The van der Waals surface area contributed by atoms with Gasteiger partial charge >= 0.3 is 6.18 Å². The zero-order valence-corrected chi connectivity index (χ0v) is 14.7. The van der Waals surface area contributed by atoms with Crippen molar-refractivity contribution in [2.75, 3.05) is 5.32 Å². The molecule has 0 amide bonds. The van der Waals surface area contributed by atoms with E-state index in [0.29, 0.717) is 17.3 Å². The number of rotatable bonds is 2. The summed E-state index contributed by atoms with van der Waals surface area (Å²) in [6.07, 6.45) is -1.45. The van der Waals surface area contributed by atoms with Gasteiger partial charge in [-0.2, -0.15) is 13.2 Å². The monoisotopic (exact) mass is 383 g/mol. The molecule has 2 heterocycles. The number of aryl methyl sites for hydroxylation is 3. The highest BCUT2D eigenvalue weighted by atomic mass is 35.5. The summed E-state index contributed by atoms with van der Waals surface area (Å²) in [7, 11) is 0. The number of benzene rings is 1. The van der Waals surface area contributed by atoms with E-state index in [1.165, 1.54) is 22.6 Å². The van der Waals surface area contributed by atoms with Crippen LogP contribution in [0.4, 0.5) is 24.7 Å². The Morgan fingerprint density at radius 2 is 2.00 bits per heavy atom. The Bertz CT molecular complexity index is 981. The first-order chi connectivity index (χ1) is 11.8. The lowest BCUT2D eigenvalue weighted by molar-refractivity contribution is -0.137. The van der Waals surface area contributed by atoms with Crippen molar-refractivity contribution in [3.05, 3.63) is 45.1 Å². The van der Waals surface area contributed by atoms with E-state index in [1.807, 2.05) is 0 Å². The van der Waals surface area contributed by atoms with Crippen molar-refractivity contribution >= 4 is 44.7 Å². The van der Waals surface area contributed by atoms with Crippen LogP contribution in [0.3, 0.4) is 0 Å². The summed E-state index contributed by atoms with van der Waals surface area (Å²) in [4.78, 5) is 11.1. The normalized spacial score (nSPS) is 14.1. The lowest BCUT2D eigenvalue weighted by Crippen LogP contribution is -2.07. The number of hydrogen-bond donors (Lipinski definition) is 1. The third kappa shape index (κ3) is 2.95. The second-order valence-electron chi connectivity index (χ2n) is 5.97. The first-order valence-electron chi connectivity index (χ1n) is 7.75. The summed E-state index contributed by atoms with van der Waals surface area (Å²) in [5, 5.41) is 3.64. The molecule has 25 heavy (non-hydrogen) atoms. The van der Waals surface area contributed by atoms with E-state index in [-0.39, 0.29) is 5.02 Å². The molecule has 1 aliphatic carbocycles.